The lowest BCUT2D eigenvalue weighted by molar-refractivity contribution is 0.250. The summed E-state index contributed by atoms with van der Waals surface area (Å²) >= 11 is 0. The fourth-order valence-corrected chi connectivity index (χ4v) is 2.81. The molecule has 2 aromatic carbocycles. The highest BCUT2D eigenvalue weighted by Crippen LogP contribution is 2.21. The third kappa shape index (κ3) is 3.57. The molecule has 0 aromatic heterocycles. The second kappa shape index (κ2) is 6.79. The Morgan fingerprint density at radius 3 is 2.14 bits per heavy atom. The minimum atomic E-state index is -0.173. The summed E-state index contributed by atoms with van der Waals surface area (Å²) in [5, 5.41) is 0. The van der Waals surface area contributed by atoms with Crippen LogP contribution < -0.4 is 9.64 Å². The average molecular weight is 300 g/mol. The van der Waals surface area contributed by atoms with Crippen molar-refractivity contribution in [3.8, 4) is 5.75 Å². The quantitative estimate of drug-likeness (QED) is 0.862. The summed E-state index contributed by atoms with van der Waals surface area (Å²) in [5.74, 6) is 0.715. The van der Waals surface area contributed by atoms with E-state index in [1.54, 1.807) is 7.11 Å². The lowest BCUT2D eigenvalue weighted by Crippen LogP contribution is -2.45. The lowest BCUT2D eigenvalue weighted by atomic mass is 10.2. The molecule has 0 unspecified atom stereocenters. The van der Waals surface area contributed by atoms with Gasteiger partial charge < -0.3 is 9.64 Å². The smallest absolute Gasteiger partial charge is 0.123 e. The van der Waals surface area contributed by atoms with Crippen LogP contribution in [0.1, 0.15) is 5.56 Å². The highest BCUT2D eigenvalue weighted by atomic mass is 19.1. The Morgan fingerprint density at radius 2 is 1.55 bits per heavy atom. The predicted molar refractivity (Wildman–Crippen MR) is 86.9 cm³/mol. The molecule has 0 N–H and O–H groups in total. The molecular formula is C18H21FN2O. The number of hydrogen-bond donors (Lipinski definition) is 0. The van der Waals surface area contributed by atoms with Gasteiger partial charge in [-0.05, 0) is 42.0 Å². The van der Waals surface area contributed by atoms with E-state index in [1.807, 2.05) is 24.3 Å². The van der Waals surface area contributed by atoms with Crippen molar-refractivity contribution in [3.63, 3.8) is 0 Å². The predicted octanol–water partition coefficient (Wildman–Crippen LogP) is 3.16. The van der Waals surface area contributed by atoms with Crippen molar-refractivity contribution < 1.29 is 9.13 Å². The molecule has 1 saturated heterocycles. The van der Waals surface area contributed by atoms with Gasteiger partial charge in [-0.15, -0.1) is 0 Å². The van der Waals surface area contributed by atoms with Gasteiger partial charge >= 0.3 is 0 Å². The fourth-order valence-electron chi connectivity index (χ4n) is 2.81. The number of benzene rings is 2. The van der Waals surface area contributed by atoms with Crippen molar-refractivity contribution in [2.75, 3.05) is 38.2 Å². The number of halogens is 1. The van der Waals surface area contributed by atoms with E-state index in [1.165, 1.54) is 23.4 Å². The topological polar surface area (TPSA) is 15.7 Å². The maximum Gasteiger partial charge on any atom is 0.123 e. The summed E-state index contributed by atoms with van der Waals surface area (Å²) in [6, 6.07) is 15.0. The number of rotatable bonds is 4. The van der Waals surface area contributed by atoms with Gasteiger partial charge in [0.25, 0.3) is 0 Å². The largest absolute Gasteiger partial charge is 0.497 e. The van der Waals surface area contributed by atoms with Crippen LogP contribution in [0.15, 0.2) is 48.5 Å². The van der Waals surface area contributed by atoms with E-state index in [2.05, 4.69) is 21.9 Å². The Balaban J connectivity index is 1.54. The Bertz CT molecular complexity index is 589. The van der Waals surface area contributed by atoms with E-state index in [4.69, 9.17) is 4.74 Å². The zero-order valence-electron chi connectivity index (χ0n) is 12.8. The van der Waals surface area contributed by atoms with Crippen LogP contribution >= 0.6 is 0 Å². The van der Waals surface area contributed by atoms with Crippen LogP contribution in [-0.2, 0) is 6.54 Å². The number of anilines is 1. The molecule has 0 radical (unpaired) electrons. The van der Waals surface area contributed by atoms with Gasteiger partial charge in [0.05, 0.1) is 7.11 Å². The first kappa shape index (κ1) is 14.9. The molecule has 22 heavy (non-hydrogen) atoms. The monoisotopic (exact) mass is 300 g/mol. The van der Waals surface area contributed by atoms with Gasteiger partial charge in [-0.25, -0.2) is 4.39 Å². The van der Waals surface area contributed by atoms with Crippen molar-refractivity contribution in [2.24, 2.45) is 0 Å². The first-order valence-electron chi connectivity index (χ1n) is 7.60. The number of nitrogens with zero attached hydrogens (tertiary/aromatic N) is 2. The third-order valence-electron chi connectivity index (χ3n) is 4.13. The fraction of sp³-hybridized carbons (Fsp3) is 0.333. The van der Waals surface area contributed by atoms with Crippen molar-refractivity contribution in [1.29, 1.82) is 0 Å². The Kier molecular flexibility index (Phi) is 4.59. The SMILES string of the molecule is COc1ccc(N2CCN(Cc3ccc(F)cc3)CC2)cc1. The molecule has 0 bridgehead atoms. The number of ether oxygens (including phenoxy) is 1. The molecule has 1 aliphatic rings. The second-order valence-corrected chi connectivity index (χ2v) is 5.59. The number of hydrogen-bond acceptors (Lipinski definition) is 3. The van der Waals surface area contributed by atoms with E-state index in [0.29, 0.717) is 0 Å². The van der Waals surface area contributed by atoms with Crippen LogP contribution in [0.3, 0.4) is 0 Å². The summed E-state index contributed by atoms with van der Waals surface area (Å²) < 4.78 is 18.1. The van der Waals surface area contributed by atoms with Gasteiger partial charge in [-0.3, -0.25) is 4.90 Å². The number of methoxy groups -OCH3 is 1. The van der Waals surface area contributed by atoms with E-state index in [0.717, 1.165) is 38.5 Å². The zero-order chi connectivity index (χ0) is 15.4. The van der Waals surface area contributed by atoms with E-state index >= 15 is 0 Å². The summed E-state index contributed by atoms with van der Waals surface area (Å²) in [6.07, 6.45) is 0. The molecule has 2 aromatic rings. The van der Waals surface area contributed by atoms with Gasteiger partial charge in [0.1, 0.15) is 11.6 Å². The van der Waals surface area contributed by atoms with E-state index < -0.39 is 0 Å². The molecular weight excluding hydrogens is 279 g/mol. The van der Waals surface area contributed by atoms with Gasteiger partial charge in [0, 0.05) is 38.4 Å². The lowest BCUT2D eigenvalue weighted by Gasteiger charge is -2.36. The molecule has 3 rings (SSSR count). The molecule has 1 heterocycles. The molecule has 0 atom stereocenters. The average Bonchev–Trinajstić information content (AvgIpc) is 2.58. The van der Waals surface area contributed by atoms with Crippen LogP contribution in [-0.4, -0.2) is 38.2 Å². The van der Waals surface area contributed by atoms with Gasteiger partial charge in [-0.1, -0.05) is 12.1 Å². The first-order valence-corrected chi connectivity index (χ1v) is 7.60. The summed E-state index contributed by atoms with van der Waals surface area (Å²) in [6.45, 7) is 4.94. The van der Waals surface area contributed by atoms with Crippen molar-refractivity contribution in [3.05, 3.63) is 59.9 Å². The first-order chi connectivity index (χ1) is 10.7. The van der Waals surface area contributed by atoms with E-state index in [9.17, 15) is 4.39 Å². The Labute approximate surface area is 130 Å². The minimum Gasteiger partial charge on any atom is -0.497 e. The minimum absolute atomic E-state index is 0.173. The molecule has 4 heteroatoms. The summed E-state index contributed by atoms with van der Waals surface area (Å²) in [7, 11) is 1.68. The van der Waals surface area contributed by atoms with Gasteiger partial charge in [0.2, 0.25) is 0 Å². The molecule has 0 amide bonds. The standard InChI is InChI=1S/C18H21FN2O/c1-22-18-8-6-17(7-9-18)21-12-10-20(11-13-21)14-15-2-4-16(19)5-3-15/h2-9H,10-14H2,1H3. The maximum absolute atomic E-state index is 12.9. The van der Waals surface area contributed by atoms with E-state index in [-0.39, 0.29) is 5.82 Å². The van der Waals surface area contributed by atoms with Crippen molar-refractivity contribution in [1.82, 2.24) is 4.90 Å². The molecule has 1 aliphatic heterocycles. The molecule has 0 aliphatic carbocycles. The van der Waals surface area contributed by atoms with Gasteiger partial charge in [-0.2, -0.15) is 0 Å². The Morgan fingerprint density at radius 1 is 0.909 bits per heavy atom. The van der Waals surface area contributed by atoms with Crippen LogP contribution in [0.4, 0.5) is 10.1 Å². The molecule has 1 fully saturated rings. The zero-order valence-corrected chi connectivity index (χ0v) is 12.8. The molecule has 116 valence electrons. The maximum atomic E-state index is 12.9. The molecule has 0 saturated carbocycles. The summed E-state index contributed by atoms with van der Waals surface area (Å²) in [5.41, 5.74) is 2.40. The normalized spacial score (nSPS) is 15.8. The van der Waals surface area contributed by atoms with Crippen molar-refractivity contribution >= 4 is 5.69 Å². The Hall–Kier alpha value is -2.07. The van der Waals surface area contributed by atoms with Crippen LogP contribution in [0.2, 0.25) is 0 Å². The van der Waals surface area contributed by atoms with Crippen LogP contribution in [0.5, 0.6) is 5.75 Å². The molecule has 0 spiro atoms. The number of piperazine rings is 1. The van der Waals surface area contributed by atoms with Gasteiger partial charge in [0.15, 0.2) is 0 Å². The highest BCUT2D eigenvalue weighted by molar-refractivity contribution is 5.49. The van der Waals surface area contributed by atoms with Crippen LogP contribution in [0, 0.1) is 5.82 Å². The third-order valence-corrected chi connectivity index (χ3v) is 4.13. The second-order valence-electron chi connectivity index (χ2n) is 5.59. The molecule has 3 nitrogen and oxygen atoms in total. The highest BCUT2D eigenvalue weighted by Gasteiger charge is 2.17. The van der Waals surface area contributed by atoms with Crippen LogP contribution in [0.25, 0.3) is 0 Å². The van der Waals surface area contributed by atoms with Crippen molar-refractivity contribution in [2.45, 2.75) is 6.54 Å². The summed E-state index contributed by atoms with van der Waals surface area (Å²) in [4.78, 5) is 4.80.